The van der Waals surface area contributed by atoms with E-state index in [9.17, 15) is 8.42 Å². The first-order chi connectivity index (χ1) is 7.62. The summed E-state index contributed by atoms with van der Waals surface area (Å²) in [5.74, 6) is 0. The number of methoxy groups -OCH3 is 1. The number of sulfonamides is 1. The van der Waals surface area contributed by atoms with Gasteiger partial charge in [-0.1, -0.05) is 0 Å². The summed E-state index contributed by atoms with van der Waals surface area (Å²) in [6.07, 6.45) is 2.61. The average molecular weight is 248 g/mol. The van der Waals surface area contributed by atoms with Crippen LogP contribution in [0.3, 0.4) is 0 Å². The van der Waals surface area contributed by atoms with Crippen LogP contribution in [0.5, 0.6) is 0 Å². The van der Waals surface area contributed by atoms with Crippen LogP contribution in [0.2, 0.25) is 0 Å². The van der Waals surface area contributed by atoms with Crippen LogP contribution in [0.4, 0.5) is 0 Å². The highest BCUT2D eigenvalue weighted by Gasteiger charge is 2.24. The molecule has 1 aromatic heterocycles. The van der Waals surface area contributed by atoms with Crippen molar-refractivity contribution < 1.29 is 13.2 Å². The molecule has 0 aliphatic heterocycles. The maximum absolute atomic E-state index is 12.0. The van der Waals surface area contributed by atoms with Gasteiger partial charge in [-0.2, -0.15) is 9.40 Å². The summed E-state index contributed by atoms with van der Waals surface area (Å²) in [6, 6.07) is 0. The molecule has 0 saturated carbocycles. The van der Waals surface area contributed by atoms with Gasteiger partial charge in [-0.3, -0.25) is 5.10 Å². The summed E-state index contributed by atoms with van der Waals surface area (Å²) in [5, 5.41) is 6.09. The number of rotatable bonds is 7. The molecule has 0 atom stereocenters. The Morgan fingerprint density at radius 1 is 1.56 bits per heavy atom. The number of aromatic nitrogens is 2. The average Bonchev–Trinajstić information content (AvgIpc) is 2.77. The number of nitrogens with two attached hydrogens (primary N) is 1. The van der Waals surface area contributed by atoms with Crippen molar-refractivity contribution in [3.8, 4) is 0 Å². The number of ether oxygens (including phenoxy) is 1. The molecule has 0 spiro atoms. The van der Waals surface area contributed by atoms with Crippen molar-refractivity contribution in [3.63, 3.8) is 0 Å². The summed E-state index contributed by atoms with van der Waals surface area (Å²) in [6.45, 7) is 1.13. The Bertz CT molecular complexity index is 389. The maximum atomic E-state index is 12.0. The Balaban J connectivity index is 2.84. The van der Waals surface area contributed by atoms with Crippen molar-refractivity contribution in [3.05, 3.63) is 12.4 Å². The highest BCUT2D eigenvalue weighted by atomic mass is 32.2. The number of nitrogens with zero attached hydrogens (tertiary/aromatic N) is 2. The van der Waals surface area contributed by atoms with Crippen LogP contribution in [-0.2, 0) is 14.8 Å². The van der Waals surface area contributed by atoms with E-state index in [1.165, 1.54) is 23.8 Å². The first-order valence-electron chi connectivity index (χ1n) is 4.81. The van der Waals surface area contributed by atoms with Crippen LogP contribution in [-0.4, -0.2) is 56.3 Å². The molecule has 16 heavy (non-hydrogen) atoms. The molecule has 0 unspecified atom stereocenters. The Labute approximate surface area is 94.6 Å². The summed E-state index contributed by atoms with van der Waals surface area (Å²) in [5.41, 5.74) is 5.38. The quantitative estimate of drug-likeness (QED) is 0.645. The first-order valence-corrected chi connectivity index (χ1v) is 6.25. The lowest BCUT2D eigenvalue weighted by molar-refractivity contribution is 0.179. The van der Waals surface area contributed by atoms with Crippen molar-refractivity contribution in [1.29, 1.82) is 0 Å². The second-order valence-corrected chi connectivity index (χ2v) is 5.06. The zero-order valence-corrected chi connectivity index (χ0v) is 9.90. The van der Waals surface area contributed by atoms with Gasteiger partial charge in [-0.25, -0.2) is 8.42 Å². The van der Waals surface area contributed by atoms with Gasteiger partial charge in [-0.15, -0.1) is 0 Å². The maximum Gasteiger partial charge on any atom is 0.246 e. The number of nitrogens with one attached hydrogen (secondary N) is 1. The van der Waals surface area contributed by atoms with Crippen molar-refractivity contribution in [1.82, 2.24) is 14.5 Å². The predicted molar refractivity (Wildman–Crippen MR) is 58.3 cm³/mol. The molecule has 0 aliphatic carbocycles. The van der Waals surface area contributed by atoms with Gasteiger partial charge in [-0.05, 0) is 0 Å². The minimum Gasteiger partial charge on any atom is -0.383 e. The van der Waals surface area contributed by atoms with Gasteiger partial charge in [0.2, 0.25) is 10.0 Å². The van der Waals surface area contributed by atoms with Gasteiger partial charge in [0.25, 0.3) is 0 Å². The fourth-order valence-electron chi connectivity index (χ4n) is 1.22. The van der Waals surface area contributed by atoms with E-state index in [0.717, 1.165) is 0 Å². The molecule has 0 aromatic carbocycles. The molecular formula is C8H16N4O3S. The molecule has 1 rings (SSSR count). The summed E-state index contributed by atoms with van der Waals surface area (Å²) >= 11 is 0. The summed E-state index contributed by atoms with van der Waals surface area (Å²) in [7, 11) is -1.99. The van der Waals surface area contributed by atoms with E-state index in [1.807, 2.05) is 0 Å². The van der Waals surface area contributed by atoms with Crippen LogP contribution in [0, 0.1) is 0 Å². The summed E-state index contributed by atoms with van der Waals surface area (Å²) in [4.78, 5) is 0.136. The molecule has 0 bridgehead atoms. The fraction of sp³-hybridized carbons (Fsp3) is 0.625. The molecular weight excluding hydrogens is 232 g/mol. The van der Waals surface area contributed by atoms with Crippen molar-refractivity contribution in [2.45, 2.75) is 4.90 Å². The Morgan fingerprint density at radius 2 is 2.31 bits per heavy atom. The largest absolute Gasteiger partial charge is 0.383 e. The molecule has 0 radical (unpaired) electrons. The lowest BCUT2D eigenvalue weighted by Crippen LogP contribution is -2.37. The Morgan fingerprint density at radius 3 is 2.81 bits per heavy atom. The molecule has 1 heterocycles. The molecule has 0 fully saturated rings. The van der Waals surface area contributed by atoms with Gasteiger partial charge in [0.15, 0.2) is 0 Å². The van der Waals surface area contributed by atoms with Gasteiger partial charge in [0.05, 0.1) is 12.8 Å². The zero-order valence-electron chi connectivity index (χ0n) is 9.09. The topological polar surface area (TPSA) is 101 Å². The Kier molecular flexibility index (Phi) is 4.87. The fourth-order valence-corrected chi connectivity index (χ4v) is 2.56. The van der Waals surface area contributed by atoms with Crippen LogP contribution in [0.25, 0.3) is 0 Å². The van der Waals surface area contributed by atoms with E-state index < -0.39 is 10.0 Å². The van der Waals surface area contributed by atoms with Crippen molar-refractivity contribution in [2.24, 2.45) is 5.73 Å². The highest BCUT2D eigenvalue weighted by molar-refractivity contribution is 7.89. The van der Waals surface area contributed by atoms with Gasteiger partial charge in [0.1, 0.15) is 4.90 Å². The minimum absolute atomic E-state index is 0.136. The monoisotopic (exact) mass is 248 g/mol. The normalized spacial score (nSPS) is 12.2. The molecule has 3 N–H and O–H groups in total. The molecule has 8 heteroatoms. The van der Waals surface area contributed by atoms with E-state index >= 15 is 0 Å². The van der Waals surface area contributed by atoms with E-state index in [2.05, 4.69) is 10.2 Å². The highest BCUT2D eigenvalue weighted by Crippen LogP contribution is 2.12. The lowest BCUT2D eigenvalue weighted by Gasteiger charge is -2.19. The molecule has 0 amide bonds. The third-order valence-corrected chi connectivity index (χ3v) is 3.90. The smallest absolute Gasteiger partial charge is 0.246 e. The second-order valence-electron chi connectivity index (χ2n) is 3.12. The number of aromatic amines is 1. The molecule has 0 saturated heterocycles. The van der Waals surface area contributed by atoms with Crippen LogP contribution < -0.4 is 5.73 Å². The number of H-pyrrole nitrogens is 1. The van der Waals surface area contributed by atoms with Gasteiger partial charge in [0, 0.05) is 32.9 Å². The molecule has 7 nitrogen and oxygen atoms in total. The second kappa shape index (κ2) is 5.94. The van der Waals surface area contributed by atoms with Crippen molar-refractivity contribution in [2.75, 3.05) is 33.4 Å². The van der Waals surface area contributed by atoms with E-state index in [4.69, 9.17) is 10.5 Å². The van der Waals surface area contributed by atoms with Crippen LogP contribution in [0.15, 0.2) is 17.3 Å². The van der Waals surface area contributed by atoms with E-state index in [-0.39, 0.29) is 24.5 Å². The first kappa shape index (κ1) is 13.1. The van der Waals surface area contributed by atoms with Gasteiger partial charge >= 0.3 is 0 Å². The van der Waals surface area contributed by atoms with E-state index in [1.54, 1.807) is 0 Å². The SMILES string of the molecule is COCCN(CCN)S(=O)(=O)c1cn[nH]c1. The molecule has 1 aromatic rings. The van der Waals surface area contributed by atoms with E-state index in [0.29, 0.717) is 6.61 Å². The minimum atomic E-state index is -3.51. The third kappa shape index (κ3) is 3.01. The molecule has 0 aliphatic rings. The third-order valence-electron chi connectivity index (χ3n) is 2.03. The van der Waals surface area contributed by atoms with Crippen molar-refractivity contribution >= 4 is 10.0 Å². The van der Waals surface area contributed by atoms with Crippen LogP contribution in [0.1, 0.15) is 0 Å². The number of hydrogen-bond acceptors (Lipinski definition) is 5. The van der Waals surface area contributed by atoms with Crippen LogP contribution >= 0.6 is 0 Å². The lowest BCUT2D eigenvalue weighted by atomic mass is 10.6. The zero-order chi connectivity index (χ0) is 12.0. The van der Waals surface area contributed by atoms with Gasteiger partial charge < -0.3 is 10.5 Å². The predicted octanol–water partition coefficient (Wildman–Crippen LogP) is -0.994. The molecule has 92 valence electrons. The number of hydrogen-bond donors (Lipinski definition) is 2. The standard InChI is InChI=1S/C8H16N4O3S/c1-15-5-4-12(3-2-9)16(13,14)8-6-10-11-7-8/h6-7H,2-5,9H2,1H3,(H,10,11). The Hall–Kier alpha value is -0.960. The summed E-state index contributed by atoms with van der Waals surface area (Å²) < 4.78 is 30.2.